The second-order valence-electron chi connectivity index (χ2n) is 5.18. The monoisotopic (exact) mass is 282 g/mol. The molecule has 0 saturated carbocycles. The van der Waals surface area contributed by atoms with E-state index >= 15 is 0 Å². The van der Waals surface area contributed by atoms with Gasteiger partial charge in [-0.1, -0.05) is 31.0 Å². The van der Waals surface area contributed by atoms with E-state index in [0.29, 0.717) is 5.56 Å². The Morgan fingerprint density at radius 2 is 1.57 bits per heavy atom. The first-order chi connectivity index (χ1) is 10.2. The third kappa shape index (κ3) is 4.63. The number of amides is 1. The smallest absolute Gasteiger partial charge is 0.255 e. The molecular formula is C18H22N2O. The molecule has 0 aliphatic rings. The van der Waals surface area contributed by atoms with Crippen molar-refractivity contribution in [2.24, 2.45) is 0 Å². The van der Waals surface area contributed by atoms with E-state index in [1.54, 1.807) is 0 Å². The molecule has 2 aromatic rings. The van der Waals surface area contributed by atoms with Gasteiger partial charge >= 0.3 is 0 Å². The Kier molecular flexibility index (Phi) is 5.38. The van der Waals surface area contributed by atoms with E-state index in [1.165, 1.54) is 6.42 Å². The Balaban J connectivity index is 1.93. The first-order valence-corrected chi connectivity index (χ1v) is 7.41. The lowest BCUT2D eigenvalue weighted by molar-refractivity contribution is 0.102. The Bertz CT molecular complexity index is 573. The van der Waals surface area contributed by atoms with Gasteiger partial charge in [0.25, 0.3) is 5.91 Å². The van der Waals surface area contributed by atoms with E-state index in [9.17, 15) is 4.79 Å². The third-order valence-corrected chi connectivity index (χ3v) is 3.32. The van der Waals surface area contributed by atoms with Crippen LogP contribution < -0.4 is 10.6 Å². The zero-order valence-corrected chi connectivity index (χ0v) is 12.6. The van der Waals surface area contributed by atoms with Gasteiger partial charge < -0.3 is 10.6 Å². The minimum atomic E-state index is -0.0818. The molecular weight excluding hydrogens is 260 g/mol. The molecule has 0 spiro atoms. The molecule has 2 N–H and O–H groups in total. The van der Waals surface area contributed by atoms with Crippen LogP contribution in [0.5, 0.6) is 0 Å². The van der Waals surface area contributed by atoms with Gasteiger partial charge in [-0.25, -0.2) is 0 Å². The second-order valence-corrected chi connectivity index (χ2v) is 5.18. The Hall–Kier alpha value is -2.29. The van der Waals surface area contributed by atoms with Crippen LogP contribution in [0.25, 0.3) is 0 Å². The predicted molar refractivity (Wildman–Crippen MR) is 89.0 cm³/mol. The topological polar surface area (TPSA) is 41.1 Å². The number of nitrogens with one attached hydrogen (secondary N) is 2. The summed E-state index contributed by atoms with van der Waals surface area (Å²) in [4.78, 5) is 12.1. The highest BCUT2D eigenvalue weighted by atomic mass is 16.1. The van der Waals surface area contributed by atoms with Gasteiger partial charge in [0.05, 0.1) is 0 Å². The van der Waals surface area contributed by atoms with Crippen LogP contribution in [-0.4, -0.2) is 12.5 Å². The van der Waals surface area contributed by atoms with Crippen LogP contribution in [0.2, 0.25) is 0 Å². The van der Waals surface area contributed by atoms with Crippen molar-refractivity contribution >= 4 is 17.3 Å². The summed E-state index contributed by atoms with van der Waals surface area (Å²) in [5.74, 6) is -0.0818. The Morgan fingerprint density at radius 3 is 2.19 bits per heavy atom. The lowest BCUT2D eigenvalue weighted by atomic mass is 10.1. The molecule has 110 valence electrons. The molecule has 0 aromatic heterocycles. The average Bonchev–Trinajstić information content (AvgIpc) is 2.50. The molecule has 3 nitrogen and oxygen atoms in total. The summed E-state index contributed by atoms with van der Waals surface area (Å²) < 4.78 is 0. The summed E-state index contributed by atoms with van der Waals surface area (Å²) in [5, 5.41) is 6.26. The highest BCUT2D eigenvalue weighted by Gasteiger charge is 2.05. The van der Waals surface area contributed by atoms with Crippen LogP contribution in [0.15, 0.2) is 48.5 Å². The minimum absolute atomic E-state index is 0.0818. The molecule has 0 saturated heterocycles. The zero-order chi connectivity index (χ0) is 15.1. The fourth-order valence-corrected chi connectivity index (χ4v) is 1.99. The molecule has 0 aliphatic heterocycles. The van der Waals surface area contributed by atoms with Crippen molar-refractivity contribution < 1.29 is 4.79 Å². The molecule has 1 amide bonds. The van der Waals surface area contributed by atoms with Crippen LogP contribution in [0.3, 0.4) is 0 Å². The van der Waals surface area contributed by atoms with Crippen molar-refractivity contribution in [3.63, 3.8) is 0 Å². The summed E-state index contributed by atoms with van der Waals surface area (Å²) in [6, 6.07) is 15.4. The highest BCUT2D eigenvalue weighted by Crippen LogP contribution is 2.15. The number of carbonyl (C=O) groups is 1. The number of rotatable bonds is 6. The fourth-order valence-electron chi connectivity index (χ4n) is 1.99. The van der Waals surface area contributed by atoms with Crippen molar-refractivity contribution in [3.05, 3.63) is 59.7 Å². The molecule has 0 fully saturated rings. The van der Waals surface area contributed by atoms with Crippen LogP contribution in [-0.2, 0) is 0 Å². The van der Waals surface area contributed by atoms with E-state index < -0.39 is 0 Å². The van der Waals surface area contributed by atoms with E-state index in [4.69, 9.17) is 0 Å². The molecule has 21 heavy (non-hydrogen) atoms. The van der Waals surface area contributed by atoms with Gasteiger partial charge in [-0.2, -0.15) is 0 Å². The number of hydrogen-bond acceptors (Lipinski definition) is 2. The molecule has 0 radical (unpaired) electrons. The van der Waals surface area contributed by atoms with Gasteiger partial charge in [0, 0.05) is 23.5 Å². The maximum Gasteiger partial charge on any atom is 0.255 e. The highest BCUT2D eigenvalue weighted by molar-refractivity contribution is 6.04. The lowest BCUT2D eigenvalue weighted by Gasteiger charge is -2.08. The molecule has 2 aromatic carbocycles. The first kappa shape index (κ1) is 15.1. The summed E-state index contributed by atoms with van der Waals surface area (Å²) in [5.41, 5.74) is 3.71. The normalized spacial score (nSPS) is 10.2. The van der Waals surface area contributed by atoms with Gasteiger partial charge in [-0.15, -0.1) is 0 Å². The molecule has 0 bridgehead atoms. The Labute approximate surface area is 126 Å². The fraction of sp³-hybridized carbons (Fsp3) is 0.278. The van der Waals surface area contributed by atoms with Gasteiger partial charge in [-0.05, 0) is 49.7 Å². The number of aryl methyl sites for hydroxylation is 1. The molecule has 3 heteroatoms. The van der Waals surface area contributed by atoms with Crippen LogP contribution in [0.1, 0.15) is 35.7 Å². The van der Waals surface area contributed by atoms with Crippen molar-refractivity contribution in [1.82, 2.24) is 0 Å². The molecule has 0 unspecified atom stereocenters. The number of anilines is 2. The zero-order valence-electron chi connectivity index (χ0n) is 12.6. The minimum Gasteiger partial charge on any atom is -0.385 e. The van der Waals surface area contributed by atoms with Gasteiger partial charge in [0.15, 0.2) is 0 Å². The molecule has 2 rings (SSSR count). The maximum absolute atomic E-state index is 12.1. The summed E-state index contributed by atoms with van der Waals surface area (Å²) in [7, 11) is 0. The number of unbranched alkanes of at least 4 members (excludes halogenated alkanes) is 1. The summed E-state index contributed by atoms with van der Waals surface area (Å²) in [6.45, 7) is 5.16. The largest absolute Gasteiger partial charge is 0.385 e. The van der Waals surface area contributed by atoms with Gasteiger partial charge in [0.1, 0.15) is 0 Å². The molecule has 0 heterocycles. The predicted octanol–water partition coefficient (Wildman–Crippen LogP) is 4.46. The van der Waals surface area contributed by atoms with E-state index in [2.05, 4.69) is 17.6 Å². The third-order valence-electron chi connectivity index (χ3n) is 3.32. The van der Waals surface area contributed by atoms with E-state index in [0.717, 1.165) is 29.9 Å². The lowest BCUT2D eigenvalue weighted by Crippen LogP contribution is -2.11. The number of hydrogen-bond donors (Lipinski definition) is 2. The van der Waals surface area contributed by atoms with Crippen molar-refractivity contribution in [2.75, 3.05) is 17.2 Å². The maximum atomic E-state index is 12.1. The van der Waals surface area contributed by atoms with Crippen molar-refractivity contribution in [2.45, 2.75) is 26.7 Å². The van der Waals surface area contributed by atoms with Gasteiger partial charge in [-0.3, -0.25) is 4.79 Å². The standard InChI is InChI=1S/C18H22N2O/c1-3-4-13-19-16-9-11-17(12-10-16)20-18(21)15-7-5-14(2)6-8-15/h5-12,19H,3-4,13H2,1-2H3,(H,20,21). The van der Waals surface area contributed by atoms with Crippen LogP contribution >= 0.6 is 0 Å². The summed E-state index contributed by atoms with van der Waals surface area (Å²) in [6.07, 6.45) is 2.34. The Morgan fingerprint density at radius 1 is 0.952 bits per heavy atom. The average molecular weight is 282 g/mol. The number of carbonyl (C=O) groups excluding carboxylic acids is 1. The quantitative estimate of drug-likeness (QED) is 0.768. The SMILES string of the molecule is CCCCNc1ccc(NC(=O)c2ccc(C)cc2)cc1. The second kappa shape index (κ2) is 7.48. The van der Waals surface area contributed by atoms with E-state index in [-0.39, 0.29) is 5.91 Å². The van der Waals surface area contributed by atoms with Crippen LogP contribution in [0, 0.1) is 6.92 Å². The molecule has 0 aliphatic carbocycles. The van der Waals surface area contributed by atoms with Gasteiger partial charge in [0.2, 0.25) is 0 Å². The van der Waals surface area contributed by atoms with Crippen molar-refractivity contribution in [1.29, 1.82) is 0 Å². The van der Waals surface area contributed by atoms with E-state index in [1.807, 2.05) is 55.5 Å². The summed E-state index contributed by atoms with van der Waals surface area (Å²) >= 11 is 0. The first-order valence-electron chi connectivity index (χ1n) is 7.41. The number of benzene rings is 2. The molecule has 0 atom stereocenters. The van der Waals surface area contributed by atoms with Crippen molar-refractivity contribution in [3.8, 4) is 0 Å². The van der Waals surface area contributed by atoms with Crippen LogP contribution in [0.4, 0.5) is 11.4 Å².